The molecule has 0 radical (unpaired) electrons. The van der Waals surface area contributed by atoms with Gasteiger partial charge < -0.3 is 15.5 Å². The van der Waals surface area contributed by atoms with E-state index in [9.17, 15) is 14.4 Å². The second-order valence-corrected chi connectivity index (χ2v) is 7.63. The van der Waals surface area contributed by atoms with Crippen molar-refractivity contribution in [2.24, 2.45) is 5.92 Å². The van der Waals surface area contributed by atoms with Gasteiger partial charge in [0.1, 0.15) is 0 Å². The molecule has 0 aromatic heterocycles. The number of benzene rings is 1. The van der Waals surface area contributed by atoms with Crippen molar-refractivity contribution < 1.29 is 14.4 Å². The number of anilines is 1. The highest BCUT2D eigenvalue weighted by molar-refractivity contribution is 5.97. The first kappa shape index (κ1) is 19.4. The molecule has 7 heteroatoms. The average molecular weight is 372 g/mol. The molecule has 0 unspecified atom stereocenters. The molecule has 1 aliphatic heterocycles. The van der Waals surface area contributed by atoms with E-state index in [0.29, 0.717) is 43.5 Å². The minimum Gasteiger partial charge on any atom is -0.349 e. The summed E-state index contributed by atoms with van der Waals surface area (Å²) in [6, 6.07) is 7.31. The Bertz CT molecular complexity index is 707. The summed E-state index contributed by atoms with van der Waals surface area (Å²) < 4.78 is 0. The number of hydrogen-bond donors (Lipinski definition) is 2. The minimum atomic E-state index is -0.113. The van der Waals surface area contributed by atoms with Gasteiger partial charge in [0.2, 0.25) is 11.8 Å². The number of carbonyl (C=O) groups is 3. The molecule has 2 aliphatic rings. The minimum absolute atomic E-state index is 0.00393. The lowest BCUT2D eigenvalue weighted by molar-refractivity contribution is -0.136. The van der Waals surface area contributed by atoms with Crippen LogP contribution in [0.2, 0.25) is 0 Å². The molecule has 1 saturated heterocycles. The van der Waals surface area contributed by atoms with Gasteiger partial charge in [-0.25, -0.2) is 0 Å². The fraction of sp³-hybridized carbons (Fsp3) is 0.550. The second-order valence-electron chi connectivity index (χ2n) is 7.63. The summed E-state index contributed by atoms with van der Waals surface area (Å²) in [7, 11) is 0. The number of rotatable bonds is 6. The van der Waals surface area contributed by atoms with Crippen molar-refractivity contribution in [3.63, 3.8) is 0 Å². The summed E-state index contributed by atoms with van der Waals surface area (Å²) in [5.41, 5.74) is 1.18. The van der Waals surface area contributed by atoms with Gasteiger partial charge in [-0.1, -0.05) is 19.9 Å². The Hall–Kier alpha value is -2.41. The van der Waals surface area contributed by atoms with Gasteiger partial charge in [-0.3, -0.25) is 19.3 Å². The van der Waals surface area contributed by atoms with E-state index < -0.39 is 0 Å². The normalized spacial score (nSPS) is 17.7. The van der Waals surface area contributed by atoms with E-state index in [1.54, 1.807) is 24.3 Å². The molecule has 1 aromatic carbocycles. The van der Waals surface area contributed by atoms with Crippen LogP contribution in [0, 0.1) is 5.92 Å². The van der Waals surface area contributed by atoms with Crippen LogP contribution in [0.5, 0.6) is 0 Å². The Kier molecular flexibility index (Phi) is 6.11. The zero-order valence-corrected chi connectivity index (χ0v) is 16.0. The first-order valence-corrected chi connectivity index (χ1v) is 9.64. The summed E-state index contributed by atoms with van der Waals surface area (Å²) >= 11 is 0. The van der Waals surface area contributed by atoms with Crippen molar-refractivity contribution in [1.29, 1.82) is 0 Å². The van der Waals surface area contributed by atoms with Gasteiger partial charge in [-0.2, -0.15) is 0 Å². The molecule has 2 fully saturated rings. The first-order chi connectivity index (χ1) is 12.9. The van der Waals surface area contributed by atoms with Crippen LogP contribution < -0.4 is 10.6 Å². The third-order valence-electron chi connectivity index (χ3n) is 4.87. The van der Waals surface area contributed by atoms with Crippen molar-refractivity contribution in [2.75, 3.05) is 38.0 Å². The van der Waals surface area contributed by atoms with Gasteiger partial charge in [0.15, 0.2) is 0 Å². The topological polar surface area (TPSA) is 81.8 Å². The van der Waals surface area contributed by atoms with E-state index in [1.165, 1.54) is 0 Å². The lowest BCUT2D eigenvalue weighted by atomic mass is 10.1. The largest absolute Gasteiger partial charge is 0.349 e. The molecule has 3 amide bonds. The molecule has 1 aliphatic carbocycles. The molecule has 0 spiro atoms. The van der Waals surface area contributed by atoms with E-state index in [4.69, 9.17) is 0 Å². The Morgan fingerprint density at radius 3 is 2.44 bits per heavy atom. The second kappa shape index (κ2) is 8.52. The number of nitrogens with zero attached hydrogens (tertiary/aromatic N) is 2. The van der Waals surface area contributed by atoms with E-state index in [1.807, 2.05) is 23.6 Å². The van der Waals surface area contributed by atoms with Crippen molar-refractivity contribution in [2.45, 2.75) is 32.7 Å². The van der Waals surface area contributed by atoms with Gasteiger partial charge in [-0.05, 0) is 31.0 Å². The molecule has 3 rings (SSSR count). The molecule has 1 heterocycles. The third-order valence-corrected chi connectivity index (χ3v) is 4.87. The Morgan fingerprint density at radius 1 is 1.11 bits per heavy atom. The van der Waals surface area contributed by atoms with E-state index in [2.05, 4.69) is 10.6 Å². The maximum atomic E-state index is 12.3. The fourth-order valence-electron chi connectivity index (χ4n) is 3.13. The number of piperazine rings is 1. The van der Waals surface area contributed by atoms with Crippen LogP contribution in [-0.4, -0.2) is 66.3 Å². The smallest absolute Gasteiger partial charge is 0.251 e. The zero-order chi connectivity index (χ0) is 19.4. The van der Waals surface area contributed by atoms with Crippen LogP contribution >= 0.6 is 0 Å². The lowest BCUT2D eigenvalue weighted by Gasteiger charge is -2.35. The molecule has 0 bridgehead atoms. The van der Waals surface area contributed by atoms with Crippen LogP contribution in [-0.2, 0) is 9.59 Å². The van der Waals surface area contributed by atoms with E-state index in [0.717, 1.165) is 12.8 Å². The Labute approximate surface area is 160 Å². The van der Waals surface area contributed by atoms with E-state index in [-0.39, 0.29) is 30.2 Å². The average Bonchev–Trinajstić information content (AvgIpc) is 3.45. The number of nitrogens with one attached hydrogen (secondary N) is 2. The Balaban J connectivity index is 1.47. The van der Waals surface area contributed by atoms with Crippen molar-refractivity contribution in [1.82, 2.24) is 15.1 Å². The quantitative estimate of drug-likeness (QED) is 0.789. The summed E-state index contributed by atoms with van der Waals surface area (Å²) in [6.45, 7) is 6.78. The maximum absolute atomic E-state index is 12.3. The van der Waals surface area contributed by atoms with Crippen LogP contribution in [0.1, 0.15) is 37.0 Å². The van der Waals surface area contributed by atoms with Crippen molar-refractivity contribution in [3.05, 3.63) is 29.8 Å². The molecular weight excluding hydrogens is 344 g/mol. The van der Waals surface area contributed by atoms with Gasteiger partial charge in [0.05, 0.1) is 6.54 Å². The lowest BCUT2D eigenvalue weighted by Crippen LogP contribution is -2.51. The van der Waals surface area contributed by atoms with Crippen LogP contribution in [0.4, 0.5) is 5.69 Å². The van der Waals surface area contributed by atoms with Crippen LogP contribution in [0.15, 0.2) is 24.3 Å². The SMILES string of the molecule is CC(C)C(=O)N1CCN(CC(=O)Nc2cccc(C(=O)NC3CC3)c2)CC1. The fourth-order valence-corrected chi connectivity index (χ4v) is 3.13. The molecule has 27 heavy (non-hydrogen) atoms. The molecule has 2 N–H and O–H groups in total. The number of carbonyl (C=O) groups excluding carboxylic acids is 3. The molecule has 1 saturated carbocycles. The van der Waals surface area contributed by atoms with E-state index >= 15 is 0 Å². The summed E-state index contributed by atoms with van der Waals surface area (Å²) in [5.74, 6) is -0.0393. The first-order valence-electron chi connectivity index (χ1n) is 9.64. The van der Waals surface area contributed by atoms with Crippen LogP contribution in [0.3, 0.4) is 0 Å². The molecule has 0 atom stereocenters. The molecule has 7 nitrogen and oxygen atoms in total. The molecule has 146 valence electrons. The monoisotopic (exact) mass is 372 g/mol. The zero-order valence-electron chi connectivity index (χ0n) is 16.0. The number of amides is 3. The summed E-state index contributed by atoms with van der Waals surface area (Å²) in [5, 5.41) is 5.81. The van der Waals surface area contributed by atoms with Crippen molar-refractivity contribution >= 4 is 23.4 Å². The summed E-state index contributed by atoms with van der Waals surface area (Å²) in [4.78, 5) is 40.4. The number of hydrogen-bond acceptors (Lipinski definition) is 4. The van der Waals surface area contributed by atoms with Gasteiger partial charge in [0, 0.05) is 49.4 Å². The van der Waals surface area contributed by atoms with Gasteiger partial charge in [-0.15, -0.1) is 0 Å². The summed E-state index contributed by atoms with van der Waals surface area (Å²) in [6.07, 6.45) is 2.08. The standard InChI is InChI=1S/C20H28N4O3/c1-14(2)20(27)24-10-8-23(9-11-24)13-18(25)21-17-5-3-4-15(12-17)19(26)22-16-6-7-16/h3-5,12,14,16H,6-11,13H2,1-2H3,(H,21,25)(H,22,26). The van der Waals surface area contributed by atoms with Gasteiger partial charge >= 0.3 is 0 Å². The predicted octanol–water partition coefficient (Wildman–Crippen LogP) is 1.32. The maximum Gasteiger partial charge on any atom is 0.251 e. The highest BCUT2D eigenvalue weighted by atomic mass is 16.2. The highest BCUT2D eigenvalue weighted by Gasteiger charge is 2.25. The molecular formula is C20H28N4O3. The van der Waals surface area contributed by atoms with Crippen molar-refractivity contribution in [3.8, 4) is 0 Å². The highest BCUT2D eigenvalue weighted by Crippen LogP contribution is 2.20. The Morgan fingerprint density at radius 2 is 1.81 bits per heavy atom. The third kappa shape index (κ3) is 5.53. The molecule has 1 aromatic rings. The van der Waals surface area contributed by atoms with Gasteiger partial charge in [0.25, 0.3) is 5.91 Å². The predicted molar refractivity (Wildman–Crippen MR) is 103 cm³/mol. The van der Waals surface area contributed by atoms with Crippen LogP contribution in [0.25, 0.3) is 0 Å².